The average molecular weight is 383 g/mol. The minimum absolute atomic E-state index is 0.0895. The van der Waals surface area contributed by atoms with Crippen molar-refractivity contribution in [3.63, 3.8) is 0 Å². The van der Waals surface area contributed by atoms with Crippen LogP contribution in [0.15, 0.2) is 28.7 Å². The molecule has 0 bridgehead atoms. The van der Waals surface area contributed by atoms with Crippen LogP contribution in [0.2, 0.25) is 0 Å². The number of benzene rings is 1. The van der Waals surface area contributed by atoms with E-state index in [1.165, 1.54) is 0 Å². The second-order valence-corrected chi connectivity index (χ2v) is 6.58. The molecule has 1 fully saturated rings. The van der Waals surface area contributed by atoms with Crippen LogP contribution in [0.25, 0.3) is 0 Å². The van der Waals surface area contributed by atoms with Crippen LogP contribution >= 0.6 is 15.9 Å². The highest BCUT2D eigenvalue weighted by Gasteiger charge is 2.29. The molecule has 124 valence electrons. The van der Waals surface area contributed by atoms with Crippen molar-refractivity contribution >= 4 is 39.4 Å². The second kappa shape index (κ2) is 8.10. The van der Waals surface area contributed by atoms with Crippen LogP contribution in [-0.4, -0.2) is 29.4 Å². The van der Waals surface area contributed by atoms with E-state index in [1.807, 2.05) is 12.1 Å². The number of carboxylic acids is 1. The molecule has 3 N–H and O–H groups in total. The quantitative estimate of drug-likeness (QED) is 0.728. The third-order valence-corrected chi connectivity index (χ3v) is 4.53. The molecule has 0 unspecified atom stereocenters. The predicted octanol–water partition coefficient (Wildman–Crippen LogP) is 2.39. The third-order valence-electron chi connectivity index (χ3n) is 4.00. The highest BCUT2D eigenvalue weighted by atomic mass is 79.9. The Morgan fingerprint density at radius 3 is 2.17 bits per heavy atom. The zero-order chi connectivity index (χ0) is 16.8. The van der Waals surface area contributed by atoms with Gasteiger partial charge >= 0.3 is 5.97 Å². The number of hydrogen-bond acceptors (Lipinski definition) is 3. The van der Waals surface area contributed by atoms with Crippen LogP contribution in [-0.2, 0) is 14.4 Å². The van der Waals surface area contributed by atoms with Gasteiger partial charge < -0.3 is 15.7 Å². The van der Waals surface area contributed by atoms with Crippen molar-refractivity contribution in [1.82, 2.24) is 5.32 Å². The normalized spacial score (nSPS) is 20.6. The number of aliphatic carboxylic acids is 1. The van der Waals surface area contributed by atoms with E-state index >= 15 is 0 Å². The summed E-state index contributed by atoms with van der Waals surface area (Å²) in [5, 5.41) is 14.3. The topological polar surface area (TPSA) is 95.5 Å². The number of halogens is 1. The number of hydrogen-bond donors (Lipinski definition) is 3. The second-order valence-electron chi connectivity index (χ2n) is 5.66. The number of rotatable bonds is 5. The minimum atomic E-state index is -0.794. The molecule has 0 atom stereocenters. The van der Waals surface area contributed by atoms with Gasteiger partial charge in [-0.2, -0.15) is 0 Å². The molecule has 0 spiro atoms. The van der Waals surface area contributed by atoms with E-state index in [9.17, 15) is 14.4 Å². The molecule has 6 nitrogen and oxygen atoms in total. The van der Waals surface area contributed by atoms with Gasteiger partial charge in [0.05, 0.1) is 12.5 Å². The molecular formula is C16H19BrN2O4. The highest BCUT2D eigenvalue weighted by Crippen LogP contribution is 2.28. The van der Waals surface area contributed by atoms with Crippen LogP contribution in [0.5, 0.6) is 0 Å². The summed E-state index contributed by atoms with van der Waals surface area (Å²) in [5.74, 6) is -1.82. The van der Waals surface area contributed by atoms with Crippen molar-refractivity contribution in [1.29, 1.82) is 0 Å². The standard InChI is InChI=1S/C16H19BrN2O4/c17-12-5-7-13(8-6-12)19-14(20)9-18-15(21)10-1-3-11(4-2-10)16(22)23/h5-8,10-11H,1-4,9H2,(H,18,21)(H,19,20)(H,22,23). The van der Waals surface area contributed by atoms with Crippen molar-refractivity contribution in [2.24, 2.45) is 11.8 Å². The molecule has 23 heavy (non-hydrogen) atoms. The van der Waals surface area contributed by atoms with E-state index in [0.29, 0.717) is 31.4 Å². The number of carbonyl (C=O) groups excluding carboxylic acids is 2. The van der Waals surface area contributed by atoms with Crippen molar-refractivity contribution in [2.75, 3.05) is 11.9 Å². The number of anilines is 1. The van der Waals surface area contributed by atoms with Gasteiger partial charge in [0.25, 0.3) is 0 Å². The van der Waals surface area contributed by atoms with Crippen LogP contribution in [0.3, 0.4) is 0 Å². The zero-order valence-corrected chi connectivity index (χ0v) is 14.1. The molecule has 0 heterocycles. The molecule has 1 aromatic rings. The van der Waals surface area contributed by atoms with E-state index in [0.717, 1.165) is 4.47 Å². The first kappa shape index (κ1) is 17.5. The zero-order valence-electron chi connectivity index (χ0n) is 12.5. The number of amides is 2. The lowest BCUT2D eigenvalue weighted by molar-refractivity contribution is -0.144. The summed E-state index contributed by atoms with van der Waals surface area (Å²) < 4.78 is 0.917. The molecule has 1 aromatic carbocycles. The Morgan fingerprint density at radius 2 is 1.61 bits per heavy atom. The molecule has 0 aromatic heterocycles. The largest absolute Gasteiger partial charge is 0.481 e. The molecule has 2 rings (SSSR count). The van der Waals surface area contributed by atoms with E-state index in [4.69, 9.17) is 5.11 Å². The van der Waals surface area contributed by atoms with Gasteiger partial charge in [-0.25, -0.2) is 0 Å². The summed E-state index contributed by atoms with van der Waals surface area (Å²) in [4.78, 5) is 34.7. The Morgan fingerprint density at radius 1 is 1.04 bits per heavy atom. The summed E-state index contributed by atoms with van der Waals surface area (Å²) in [6.45, 7) is -0.0895. The van der Waals surface area contributed by atoms with E-state index in [2.05, 4.69) is 26.6 Å². The highest BCUT2D eigenvalue weighted by molar-refractivity contribution is 9.10. The average Bonchev–Trinajstić information content (AvgIpc) is 2.55. The Kier molecular flexibility index (Phi) is 6.15. The fraction of sp³-hybridized carbons (Fsp3) is 0.438. The van der Waals surface area contributed by atoms with E-state index < -0.39 is 5.97 Å². The maximum atomic E-state index is 12.0. The summed E-state index contributed by atoms with van der Waals surface area (Å²) in [6, 6.07) is 7.15. The first-order chi connectivity index (χ1) is 11.0. The van der Waals surface area contributed by atoms with Crippen molar-refractivity contribution in [2.45, 2.75) is 25.7 Å². The number of carboxylic acid groups (broad SMARTS) is 1. The molecule has 0 saturated heterocycles. The van der Waals surface area contributed by atoms with Crippen LogP contribution in [0.4, 0.5) is 5.69 Å². The van der Waals surface area contributed by atoms with E-state index in [-0.39, 0.29) is 30.2 Å². The lowest BCUT2D eigenvalue weighted by Crippen LogP contribution is -2.38. The van der Waals surface area contributed by atoms with Crippen molar-refractivity contribution in [3.05, 3.63) is 28.7 Å². The molecule has 2 amide bonds. The molecular weight excluding hydrogens is 364 g/mol. The number of carbonyl (C=O) groups is 3. The Bertz CT molecular complexity index is 580. The van der Waals surface area contributed by atoms with Gasteiger partial charge in [-0.15, -0.1) is 0 Å². The van der Waals surface area contributed by atoms with Crippen molar-refractivity contribution in [3.8, 4) is 0 Å². The van der Waals surface area contributed by atoms with Crippen LogP contribution in [0, 0.1) is 11.8 Å². The predicted molar refractivity (Wildman–Crippen MR) is 88.9 cm³/mol. The van der Waals surface area contributed by atoms with Crippen LogP contribution in [0.1, 0.15) is 25.7 Å². The van der Waals surface area contributed by atoms with Gasteiger partial charge in [0, 0.05) is 16.1 Å². The van der Waals surface area contributed by atoms with Gasteiger partial charge in [-0.05, 0) is 49.9 Å². The fourth-order valence-corrected chi connectivity index (χ4v) is 2.92. The lowest BCUT2D eigenvalue weighted by atomic mass is 9.81. The van der Waals surface area contributed by atoms with Gasteiger partial charge in [0.15, 0.2) is 0 Å². The summed E-state index contributed by atoms with van der Waals surface area (Å²) in [7, 11) is 0. The first-order valence-electron chi connectivity index (χ1n) is 7.51. The van der Waals surface area contributed by atoms with Gasteiger partial charge in [-0.3, -0.25) is 14.4 Å². The third kappa shape index (κ3) is 5.35. The monoisotopic (exact) mass is 382 g/mol. The van der Waals surface area contributed by atoms with E-state index in [1.54, 1.807) is 12.1 Å². The Hall–Kier alpha value is -1.89. The Balaban J connectivity index is 1.73. The van der Waals surface area contributed by atoms with Gasteiger partial charge in [-0.1, -0.05) is 15.9 Å². The number of nitrogens with one attached hydrogen (secondary N) is 2. The molecule has 7 heteroatoms. The lowest BCUT2D eigenvalue weighted by Gasteiger charge is -2.25. The van der Waals surface area contributed by atoms with Crippen LogP contribution < -0.4 is 10.6 Å². The molecule has 0 radical (unpaired) electrons. The SMILES string of the molecule is O=C(CNC(=O)C1CCC(C(=O)O)CC1)Nc1ccc(Br)cc1. The maximum Gasteiger partial charge on any atom is 0.306 e. The van der Waals surface area contributed by atoms with Gasteiger partial charge in [0.2, 0.25) is 11.8 Å². The minimum Gasteiger partial charge on any atom is -0.481 e. The maximum absolute atomic E-state index is 12.0. The Labute approximate surface area is 142 Å². The molecule has 1 aliphatic rings. The molecule has 1 saturated carbocycles. The van der Waals surface area contributed by atoms with Gasteiger partial charge in [0.1, 0.15) is 0 Å². The first-order valence-corrected chi connectivity index (χ1v) is 8.31. The summed E-state index contributed by atoms with van der Waals surface area (Å²) in [5.41, 5.74) is 0.661. The molecule has 0 aliphatic heterocycles. The molecule has 1 aliphatic carbocycles. The fourth-order valence-electron chi connectivity index (χ4n) is 2.65. The van der Waals surface area contributed by atoms with Crippen molar-refractivity contribution < 1.29 is 19.5 Å². The summed E-state index contributed by atoms with van der Waals surface area (Å²) >= 11 is 3.31. The summed E-state index contributed by atoms with van der Waals surface area (Å²) in [6.07, 6.45) is 2.13. The smallest absolute Gasteiger partial charge is 0.306 e.